The fourth-order valence-corrected chi connectivity index (χ4v) is 5.95. The predicted molar refractivity (Wildman–Crippen MR) is 135 cm³/mol. The van der Waals surface area contributed by atoms with Crippen molar-refractivity contribution in [3.63, 3.8) is 0 Å². The number of alkyl halides is 3. The number of benzene rings is 2. The molecule has 3 heterocycles. The Labute approximate surface area is 215 Å². The molecule has 0 spiro atoms. The number of hydrogen-bond acceptors (Lipinski definition) is 4. The molecule has 0 saturated carbocycles. The molecule has 0 bridgehead atoms. The minimum Gasteiger partial charge on any atom is -0.365 e. The van der Waals surface area contributed by atoms with Gasteiger partial charge in [0, 0.05) is 65.0 Å². The van der Waals surface area contributed by atoms with E-state index in [1.54, 1.807) is 15.9 Å². The van der Waals surface area contributed by atoms with Gasteiger partial charge in [0.15, 0.2) is 0 Å². The van der Waals surface area contributed by atoms with Crippen molar-refractivity contribution in [2.24, 2.45) is 5.92 Å². The number of anilines is 1. The van der Waals surface area contributed by atoms with Gasteiger partial charge in [-0.25, -0.2) is 0 Å². The van der Waals surface area contributed by atoms with E-state index in [-0.39, 0.29) is 17.9 Å². The Hall–Kier alpha value is -3.07. The predicted octanol–water partition coefficient (Wildman–Crippen LogP) is 3.30. The van der Waals surface area contributed by atoms with Gasteiger partial charge in [-0.3, -0.25) is 14.5 Å². The van der Waals surface area contributed by atoms with E-state index in [1.807, 2.05) is 18.2 Å². The van der Waals surface area contributed by atoms with Crippen LogP contribution in [-0.4, -0.2) is 84.9 Å². The highest BCUT2D eigenvalue weighted by atomic mass is 19.4. The van der Waals surface area contributed by atoms with Gasteiger partial charge in [-0.1, -0.05) is 30.3 Å². The maximum Gasteiger partial charge on any atom is 0.416 e. The van der Waals surface area contributed by atoms with E-state index in [9.17, 15) is 22.8 Å². The van der Waals surface area contributed by atoms with Crippen LogP contribution >= 0.6 is 0 Å². The first-order chi connectivity index (χ1) is 17.7. The highest BCUT2D eigenvalue weighted by molar-refractivity contribution is 5.83. The number of nitrogens with zero attached hydrogens (tertiary/aromatic N) is 4. The van der Waals surface area contributed by atoms with Gasteiger partial charge in [0.25, 0.3) is 0 Å². The fourth-order valence-electron chi connectivity index (χ4n) is 5.95. The number of carbonyl (C=O) groups is 2. The van der Waals surface area contributed by atoms with Crippen LogP contribution in [0.5, 0.6) is 0 Å². The molecule has 2 aromatic carbocycles. The summed E-state index contributed by atoms with van der Waals surface area (Å²) in [6.45, 7) is 6.42. The van der Waals surface area contributed by atoms with Crippen LogP contribution in [0, 0.1) is 5.92 Å². The third-order valence-corrected chi connectivity index (χ3v) is 8.04. The van der Waals surface area contributed by atoms with Crippen LogP contribution in [-0.2, 0) is 28.6 Å². The lowest BCUT2D eigenvalue weighted by Gasteiger charge is -2.50. The van der Waals surface area contributed by atoms with E-state index in [2.05, 4.69) is 21.9 Å². The summed E-state index contributed by atoms with van der Waals surface area (Å²) in [5.74, 6) is -0.462. The summed E-state index contributed by atoms with van der Waals surface area (Å²) >= 11 is 0. The van der Waals surface area contributed by atoms with Crippen LogP contribution in [0.25, 0.3) is 0 Å². The minimum atomic E-state index is -4.43. The molecule has 3 aliphatic rings. The number of rotatable bonds is 4. The van der Waals surface area contributed by atoms with Crippen molar-refractivity contribution < 1.29 is 22.8 Å². The van der Waals surface area contributed by atoms with E-state index >= 15 is 0 Å². The third kappa shape index (κ3) is 5.46. The molecule has 0 aromatic heterocycles. The quantitative estimate of drug-likeness (QED) is 0.629. The Morgan fingerprint density at radius 2 is 1.62 bits per heavy atom. The van der Waals surface area contributed by atoms with E-state index in [1.165, 1.54) is 18.6 Å². The first-order valence-corrected chi connectivity index (χ1v) is 13.0. The van der Waals surface area contributed by atoms with Gasteiger partial charge in [0.2, 0.25) is 11.8 Å². The lowest BCUT2D eigenvalue weighted by Crippen LogP contribution is -2.62. The standard InChI is InChI=1S/C28H33F3N4O2/c1-20(36)33-12-14-34(15-13-33)27(37)24-18-22-17-23(28(29,30)31)7-8-25(22)35-16-11-32(19-26(24)35)10-9-21-5-3-2-4-6-21/h2-8,17,24,26H,9-16,18-19H2,1H3/t24-,26+/m0/s1. The average molecular weight is 515 g/mol. The molecule has 2 fully saturated rings. The molecule has 2 amide bonds. The van der Waals surface area contributed by atoms with Crippen molar-refractivity contribution in [3.8, 4) is 0 Å². The molecule has 2 atom stereocenters. The first kappa shape index (κ1) is 25.6. The molecule has 6 nitrogen and oxygen atoms in total. The number of hydrogen-bond donors (Lipinski definition) is 0. The largest absolute Gasteiger partial charge is 0.416 e. The monoisotopic (exact) mass is 514 g/mol. The summed E-state index contributed by atoms with van der Waals surface area (Å²) in [6, 6.07) is 14.1. The maximum absolute atomic E-state index is 13.8. The summed E-state index contributed by atoms with van der Waals surface area (Å²) < 4.78 is 40.5. The molecule has 0 unspecified atom stereocenters. The van der Waals surface area contributed by atoms with Crippen LogP contribution in [0.4, 0.5) is 18.9 Å². The molecule has 5 rings (SSSR count). The van der Waals surface area contributed by atoms with Crippen LogP contribution in [0.2, 0.25) is 0 Å². The van der Waals surface area contributed by atoms with Crippen molar-refractivity contribution in [3.05, 3.63) is 65.2 Å². The van der Waals surface area contributed by atoms with Gasteiger partial charge in [-0.15, -0.1) is 0 Å². The van der Waals surface area contributed by atoms with Gasteiger partial charge in [0.1, 0.15) is 0 Å². The summed E-state index contributed by atoms with van der Waals surface area (Å²) in [5.41, 5.74) is 1.98. The summed E-state index contributed by atoms with van der Waals surface area (Å²) in [7, 11) is 0. The summed E-state index contributed by atoms with van der Waals surface area (Å²) in [6.07, 6.45) is -3.23. The first-order valence-electron chi connectivity index (χ1n) is 13.0. The lowest BCUT2D eigenvalue weighted by molar-refractivity contribution is -0.142. The zero-order chi connectivity index (χ0) is 26.2. The lowest BCUT2D eigenvalue weighted by atomic mass is 9.82. The van der Waals surface area contributed by atoms with Crippen LogP contribution in [0.15, 0.2) is 48.5 Å². The molecular formula is C28H33F3N4O2. The van der Waals surface area contributed by atoms with Crippen LogP contribution in [0.1, 0.15) is 23.6 Å². The normalized spacial score (nSPS) is 22.4. The number of amides is 2. The van der Waals surface area contributed by atoms with Gasteiger partial charge >= 0.3 is 6.18 Å². The molecule has 3 aliphatic heterocycles. The zero-order valence-corrected chi connectivity index (χ0v) is 21.1. The highest BCUT2D eigenvalue weighted by Crippen LogP contribution is 2.40. The molecule has 198 valence electrons. The average Bonchev–Trinajstić information content (AvgIpc) is 2.90. The Morgan fingerprint density at radius 1 is 0.919 bits per heavy atom. The highest BCUT2D eigenvalue weighted by Gasteiger charge is 2.44. The Morgan fingerprint density at radius 3 is 2.30 bits per heavy atom. The Bertz CT molecular complexity index is 1130. The molecule has 2 aromatic rings. The summed E-state index contributed by atoms with van der Waals surface area (Å²) in [4.78, 5) is 33.6. The van der Waals surface area contributed by atoms with Crippen molar-refractivity contribution in [1.82, 2.24) is 14.7 Å². The second kappa shape index (κ2) is 10.4. The minimum absolute atomic E-state index is 0.00844. The molecule has 0 radical (unpaired) electrons. The van der Waals surface area contributed by atoms with Crippen molar-refractivity contribution in [2.45, 2.75) is 32.0 Å². The van der Waals surface area contributed by atoms with E-state index in [0.717, 1.165) is 31.3 Å². The van der Waals surface area contributed by atoms with Crippen LogP contribution in [0.3, 0.4) is 0 Å². The Kier molecular flexibility index (Phi) is 7.16. The third-order valence-electron chi connectivity index (χ3n) is 8.04. The number of fused-ring (bicyclic) bond motifs is 3. The number of piperazine rings is 2. The van der Waals surface area contributed by atoms with Crippen molar-refractivity contribution in [2.75, 3.05) is 57.3 Å². The molecule has 0 N–H and O–H groups in total. The van der Waals surface area contributed by atoms with E-state index in [0.29, 0.717) is 51.3 Å². The number of halogens is 3. The van der Waals surface area contributed by atoms with E-state index < -0.39 is 17.7 Å². The topological polar surface area (TPSA) is 47.1 Å². The van der Waals surface area contributed by atoms with Gasteiger partial charge in [-0.2, -0.15) is 13.2 Å². The second-order valence-corrected chi connectivity index (χ2v) is 10.3. The van der Waals surface area contributed by atoms with Crippen molar-refractivity contribution in [1.29, 1.82) is 0 Å². The summed E-state index contributed by atoms with van der Waals surface area (Å²) in [5, 5.41) is 0. The molecule has 2 saturated heterocycles. The van der Waals surface area contributed by atoms with Gasteiger partial charge in [-0.05, 0) is 42.2 Å². The van der Waals surface area contributed by atoms with E-state index in [4.69, 9.17) is 0 Å². The SMILES string of the molecule is CC(=O)N1CCN(C(=O)[C@H]2Cc3cc(C(F)(F)F)ccc3N3CCN(CCc4ccccc4)C[C@H]23)CC1. The second-order valence-electron chi connectivity index (χ2n) is 10.3. The van der Waals surface area contributed by atoms with Gasteiger partial charge in [0.05, 0.1) is 17.5 Å². The maximum atomic E-state index is 13.8. The van der Waals surface area contributed by atoms with Crippen LogP contribution < -0.4 is 4.90 Å². The zero-order valence-electron chi connectivity index (χ0n) is 21.1. The molecule has 0 aliphatic carbocycles. The molecular weight excluding hydrogens is 481 g/mol. The molecule has 9 heteroatoms. The Balaban J connectivity index is 1.38. The number of carbonyl (C=O) groups excluding carboxylic acids is 2. The van der Waals surface area contributed by atoms with Crippen molar-refractivity contribution >= 4 is 17.5 Å². The smallest absolute Gasteiger partial charge is 0.365 e. The van der Waals surface area contributed by atoms with Gasteiger partial charge < -0.3 is 14.7 Å². The molecule has 37 heavy (non-hydrogen) atoms. The fraction of sp³-hybridized carbons (Fsp3) is 0.500.